The highest BCUT2D eigenvalue weighted by atomic mass is 16.6. The van der Waals surface area contributed by atoms with Crippen LogP contribution in [0.2, 0.25) is 0 Å². The second kappa shape index (κ2) is 9.03. The number of hydrogen-bond acceptors (Lipinski definition) is 5. The third-order valence-corrected chi connectivity index (χ3v) is 5.56. The number of carbonyl (C=O) groups excluding carboxylic acids is 2. The average molecular weight is 405 g/mol. The van der Waals surface area contributed by atoms with Crippen molar-refractivity contribution in [3.63, 3.8) is 0 Å². The molecule has 1 aromatic rings. The summed E-state index contributed by atoms with van der Waals surface area (Å²) >= 11 is 0. The molecule has 3 rings (SSSR count). The molecule has 7 nitrogen and oxygen atoms in total. The second-order valence-corrected chi connectivity index (χ2v) is 8.89. The van der Waals surface area contributed by atoms with E-state index in [1.54, 1.807) is 9.80 Å². The maximum absolute atomic E-state index is 12.2. The van der Waals surface area contributed by atoms with Gasteiger partial charge in [-0.25, -0.2) is 9.59 Å². The van der Waals surface area contributed by atoms with E-state index in [1.165, 1.54) is 0 Å². The van der Waals surface area contributed by atoms with Crippen molar-refractivity contribution in [1.82, 2.24) is 9.80 Å². The van der Waals surface area contributed by atoms with E-state index in [0.29, 0.717) is 25.6 Å². The smallest absolute Gasteiger partial charge is 0.410 e. The van der Waals surface area contributed by atoms with Crippen molar-refractivity contribution in [2.45, 2.75) is 57.8 Å². The molecule has 1 aromatic carbocycles. The highest BCUT2D eigenvalue weighted by Gasteiger charge is 2.38. The van der Waals surface area contributed by atoms with Crippen molar-refractivity contribution < 1.29 is 24.2 Å². The lowest BCUT2D eigenvalue weighted by molar-refractivity contribution is 0.0175. The molecule has 0 bridgehead atoms. The molecular formula is C22H32N2O5. The van der Waals surface area contributed by atoms with E-state index in [-0.39, 0.29) is 24.8 Å². The highest BCUT2D eigenvalue weighted by molar-refractivity contribution is 5.70. The molecule has 1 unspecified atom stereocenters. The fourth-order valence-corrected chi connectivity index (χ4v) is 3.91. The molecule has 160 valence electrons. The van der Waals surface area contributed by atoms with Crippen molar-refractivity contribution in [2.24, 2.45) is 5.92 Å². The number of aliphatic hydroxyl groups is 1. The van der Waals surface area contributed by atoms with Gasteiger partial charge in [0.2, 0.25) is 0 Å². The van der Waals surface area contributed by atoms with Crippen LogP contribution in [0.25, 0.3) is 0 Å². The van der Waals surface area contributed by atoms with Gasteiger partial charge in [-0.1, -0.05) is 30.3 Å². The second-order valence-electron chi connectivity index (χ2n) is 8.89. The van der Waals surface area contributed by atoms with Crippen LogP contribution in [-0.2, 0) is 9.47 Å². The minimum atomic E-state index is -0.767. The number of hydrogen-bond donors (Lipinski definition) is 1. The first kappa shape index (κ1) is 21.4. The van der Waals surface area contributed by atoms with Crippen LogP contribution >= 0.6 is 0 Å². The maximum Gasteiger partial charge on any atom is 0.410 e. The molecule has 0 aromatic heterocycles. The van der Waals surface area contributed by atoms with Crippen LogP contribution in [0.3, 0.4) is 0 Å². The van der Waals surface area contributed by atoms with Gasteiger partial charge < -0.3 is 19.5 Å². The molecule has 2 aliphatic heterocycles. The Morgan fingerprint density at radius 1 is 1.24 bits per heavy atom. The monoisotopic (exact) mass is 404 g/mol. The fourth-order valence-electron chi connectivity index (χ4n) is 3.91. The summed E-state index contributed by atoms with van der Waals surface area (Å²) in [7, 11) is 0. The van der Waals surface area contributed by atoms with Crippen molar-refractivity contribution in [3.8, 4) is 0 Å². The van der Waals surface area contributed by atoms with Crippen LogP contribution in [-0.4, -0.2) is 65.0 Å². The topological polar surface area (TPSA) is 79.3 Å². The van der Waals surface area contributed by atoms with Gasteiger partial charge in [0, 0.05) is 19.6 Å². The Bertz CT molecular complexity index is 695. The van der Waals surface area contributed by atoms with Crippen LogP contribution < -0.4 is 0 Å². The van der Waals surface area contributed by atoms with Gasteiger partial charge in [0.05, 0.1) is 6.04 Å². The molecule has 7 heteroatoms. The summed E-state index contributed by atoms with van der Waals surface area (Å²) in [5, 5.41) is 10.7. The van der Waals surface area contributed by atoms with Crippen LogP contribution in [0.4, 0.5) is 9.59 Å². The molecule has 2 amide bonds. The summed E-state index contributed by atoms with van der Waals surface area (Å²) in [5.41, 5.74) is 0.296. The van der Waals surface area contributed by atoms with Gasteiger partial charge in [0.15, 0.2) is 0 Å². The quantitative estimate of drug-likeness (QED) is 0.811. The van der Waals surface area contributed by atoms with Crippen LogP contribution in [0.15, 0.2) is 30.3 Å². The number of rotatable bonds is 5. The summed E-state index contributed by atoms with van der Waals surface area (Å²) in [6.07, 6.45) is 1.20. The Balaban J connectivity index is 1.49. The van der Waals surface area contributed by atoms with E-state index in [0.717, 1.165) is 24.8 Å². The number of piperidine rings is 1. The van der Waals surface area contributed by atoms with Gasteiger partial charge in [-0.3, -0.25) is 4.90 Å². The zero-order valence-electron chi connectivity index (χ0n) is 17.5. The zero-order valence-corrected chi connectivity index (χ0v) is 17.5. The van der Waals surface area contributed by atoms with Crippen LogP contribution in [0.1, 0.15) is 51.7 Å². The van der Waals surface area contributed by atoms with Crippen molar-refractivity contribution >= 4 is 12.2 Å². The first-order chi connectivity index (χ1) is 13.7. The van der Waals surface area contributed by atoms with E-state index in [9.17, 15) is 14.7 Å². The third kappa shape index (κ3) is 5.63. The zero-order chi connectivity index (χ0) is 21.0. The molecule has 0 saturated carbocycles. The minimum Gasteiger partial charge on any atom is -0.447 e. The number of cyclic esters (lactones) is 1. The van der Waals surface area contributed by atoms with Crippen LogP contribution in [0, 0.1) is 5.92 Å². The maximum atomic E-state index is 12.2. The van der Waals surface area contributed by atoms with E-state index >= 15 is 0 Å². The Morgan fingerprint density at radius 3 is 2.52 bits per heavy atom. The molecule has 2 aliphatic rings. The van der Waals surface area contributed by atoms with Gasteiger partial charge >= 0.3 is 12.2 Å². The van der Waals surface area contributed by atoms with Crippen molar-refractivity contribution in [2.75, 3.05) is 26.2 Å². The molecule has 2 heterocycles. The van der Waals surface area contributed by atoms with Crippen molar-refractivity contribution in [1.29, 1.82) is 0 Å². The van der Waals surface area contributed by atoms with Gasteiger partial charge in [0.25, 0.3) is 0 Å². The lowest BCUT2D eigenvalue weighted by atomic mass is 9.93. The van der Waals surface area contributed by atoms with Gasteiger partial charge in [-0.2, -0.15) is 0 Å². The van der Waals surface area contributed by atoms with Gasteiger partial charge in [0.1, 0.15) is 18.3 Å². The van der Waals surface area contributed by atoms with E-state index in [4.69, 9.17) is 9.47 Å². The molecule has 0 radical (unpaired) electrons. The molecular weight excluding hydrogens is 372 g/mol. The summed E-state index contributed by atoms with van der Waals surface area (Å²) in [5.74, 6) is 0.427. The number of amides is 2. The Morgan fingerprint density at radius 2 is 1.90 bits per heavy atom. The summed E-state index contributed by atoms with van der Waals surface area (Å²) in [4.78, 5) is 27.8. The van der Waals surface area contributed by atoms with Gasteiger partial charge in [-0.05, 0) is 51.5 Å². The van der Waals surface area contributed by atoms with E-state index in [2.05, 4.69) is 0 Å². The Kier molecular flexibility index (Phi) is 6.67. The highest BCUT2D eigenvalue weighted by Crippen LogP contribution is 2.28. The standard InChI is InChI=1S/C22H32N2O5/c1-22(2,3)29-20(26)23-12-9-16(10-13-23)11-14-24-18(15-28-21(24)27)19(25)17-7-5-4-6-8-17/h4-8,16,18-19,25H,9-15H2,1-3H3/t18-,19?/m0/s1. The molecule has 2 atom stereocenters. The Hall–Kier alpha value is -2.28. The molecule has 29 heavy (non-hydrogen) atoms. The lowest BCUT2D eigenvalue weighted by Crippen LogP contribution is -2.43. The summed E-state index contributed by atoms with van der Waals surface area (Å²) in [6, 6.07) is 8.99. The number of benzene rings is 1. The normalized spacial score (nSPS) is 21.8. The van der Waals surface area contributed by atoms with Gasteiger partial charge in [-0.15, -0.1) is 0 Å². The predicted molar refractivity (Wildman–Crippen MR) is 108 cm³/mol. The number of ether oxygens (including phenoxy) is 2. The number of likely N-dealkylation sites (tertiary alicyclic amines) is 1. The minimum absolute atomic E-state index is 0.200. The largest absolute Gasteiger partial charge is 0.447 e. The van der Waals surface area contributed by atoms with E-state index < -0.39 is 11.7 Å². The van der Waals surface area contributed by atoms with Crippen molar-refractivity contribution in [3.05, 3.63) is 35.9 Å². The lowest BCUT2D eigenvalue weighted by Gasteiger charge is -2.34. The SMILES string of the molecule is CC(C)(C)OC(=O)N1CCC(CCN2C(=O)OC[C@H]2C(O)c2ccccc2)CC1. The molecule has 2 saturated heterocycles. The van der Waals surface area contributed by atoms with E-state index in [1.807, 2.05) is 51.1 Å². The molecule has 1 N–H and O–H groups in total. The third-order valence-electron chi connectivity index (χ3n) is 5.56. The summed E-state index contributed by atoms with van der Waals surface area (Å²) in [6.45, 7) is 7.68. The number of aliphatic hydroxyl groups excluding tert-OH is 1. The fraction of sp³-hybridized carbons (Fsp3) is 0.636. The van der Waals surface area contributed by atoms with Crippen LogP contribution in [0.5, 0.6) is 0 Å². The first-order valence-electron chi connectivity index (χ1n) is 10.4. The molecule has 2 fully saturated rings. The Labute approximate surface area is 172 Å². The number of nitrogens with zero attached hydrogens (tertiary/aromatic N) is 2. The average Bonchev–Trinajstić information content (AvgIpc) is 3.06. The predicted octanol–water partition coefficient (Wildman–Crippen LogP) is 3.58. The molecule has 0 aliphatic carbocycles. The first-order valence-corrected chi connectivity index (χ1v) is 10.4. The molecule has 0 spiro atoms. The summed E-state index contributed by atoms with van der Waals surface area (Å²) < 4.78 is 10.7. The number of carbonyl (C=O) groups is 2.